The Balaban J connectivity index is 2.16. The number of hydrogen-bond acceptors (Lipinski definition) is 4. The fourth-order valence-electron chi connectivity index (χ4n) is 3.08. The highest BCUT2D eigenvalue weighted by molar-refractivity contribution is 5.53. The molecule has 0 bridgehead atoms. The summed E-state index contributed by atoms with van der Waals surface area (Å²) in [5, 5.41) is 0. The Labute approximate surface area is 116 Å². The Bertz CT molecular complexity index is 560. The molecule has 0 spiro atoms. The highest BCUT2D eigenvalue weighted by atomic mass is 19.1. The van der Waals surface area contributed by atoms with Crippen molar-refractivity contribution in [3.05, 3.63) is 23.5 Å². The lowest BCUT2D eigenvalue weighted by Gasteiger charge is -2.26. The first kappa shape index (κ1) is 13.1. The van der Waals surface area contributed by atoms with Gasteiger partial charge in [0, 0.05) is 12.0 Å². The lowest BCUT2D eigenvalue weighted by molar-refractivity contribution is 0.290. The van der Waals surface area contributed by atoms with Crippen molar-refractivity contribution in [1.29, 1.82) is 0 Å². The van der Waals surface area contributed by atoms with E-state index in [2.05, 4.69) is 4.99 Å². The average Bonchev–Trinajstić information content (AvgIpc) is 2.77. The zero-order chi connectivity index (χ0) is 14.0. The lowest BCUT2D eigenvalue weighted by Crippen LogP contribution is -2.20. The van der Waals surface area contributed by atoms with Gasteiger partial charge in [-0.15, -0.1) is 0 Å². The molecule has 4 nitrogen and oxygen atoms in total. The zero-order valence-corrected chi connectivity index (χ0v) is 11.2. The van der Waals surface area contributed by atoms with Crippen molar-refractivity contribution in [2.24, 2.45) is 4.99 Å². The Kier molecular flexibility index (Phi) is 3.45. The standard InChI is InChI=1S/C15H16FNO3/c16-12-5-4-11(13-14(12)20-9-3-8-19-13)15(17-10-18)6-1-2-7-15/h4-5H,1-3,6-9H2. The van der Waals surface area contributed by atoms with E-state index in [1.165, 1.54) is 6.07 Å². The Morgan fingerprint density at radius 2 is 1.80 bits per heavy atom. The molecule has 3 rings (SSSR count). The lowest BCUT2D eigenvalue weighted by atomic mass is 9.88. The Morgan fingerprint density at radius 3 is 2.50 bits per heavy atom. The van der Waals surface area contributed by atoms with Gasteiger partial charge in [0.2, 0.25) is 6.08 Å². The van der Waals surface area contributed by atoms with Gasteiger partial charge in [-0.2, -0.15) is 4.99 Å². The van der Waals surface area contributed by atoms with Gasteiger partial charge in [0.05, 0.1) is 13.2 Å². The first-order valence-corrected chi connectivity index (χ1v) is 6.94. The van der Waals surface area contributed by atoms with Gasteiger partial charge in [0.25, 0.3) is 0 Å². The highest BCUT2D eigenvalue weighted by Crippen LogP contribution is 2.49. The predicted molar refractivity (Wildman–Crippen MR) is 70.3 cm³/mol. The van der Waals surface area contributed by atoms with Crippen molar-refractivity contribution in [1.82, 2.24) is 0 Å². The maximum atomic E-state index is 13.9. The number of isocyanates is 1. The molecule has 1 aliphatic carbocycles. The smallest absolute Gasteiger partial charge is 0.235 e. The van der Waals surface area contributed by atoms with Gasteiger partial charge in [0.15, 0.2) is 17.3 Å². The highest BCUT2D eigenvalue weighted by Gasteiger charge is 2.40. The molecule has 1 aliphatic heterocycles. The van der Waals surface area contributed by atoms with Crippen LogP contribution in [0.2, 0.25) is 0 Å². The number of hydrogen-bond donors (Lipinski definition) is 0. The van der Waals surface area contributed by atoms with Crippen LogP contribution in [0.3, 0.4) is 0 Å². The summed E-state index contributed by atoms with van der Waals surface area (Å²) in [6.45, 7) is 0.904. The van der Waals surface area contributed by atoms with Crippen molar-refractivity contribution in [3.8, 4) is 11.5 Å². The number of rotatable bonds is 2. The molecule has 1 saturated carbocycles. The number of nitrogens with zero attached hydrogens (tertiary/aromatic N) is 1. The molecular formula is C15H16FNO3. The van der Waals surface area contributed by atoms with Crippen LogP contribution in [0.15, 0.2) is 17.1 Å². The van der Waals surface area contributed by atoms with E-state index in [1.54, 1.807) is 12.1 Å². The van der Waals surface area contributed by atoms with Crippen molar-refractivity contribution in [2.75, 3.05) is 13.2 Å². The van der Waals surface area contributed by atoms with E-state index < -0.39 is 11.4 Å². The van der Waals surface area contributed by atoms with E-state index >= 15 is 0 Å². The third kappa shape index (κ3) is 2.08. The van der Waals surface area contributed by atoms with Gasteiger partial charge in [0.1, 0.15) is 5.54 Å². The normalized spacial score (nSPS) is 20.1. The van der Waals surface area contributed by atoms with Crippen LogP contribution in [0.1, 0.15) is 37.7 Å². The molecule has 1 aromatic rings. The van der Waals surface area contributed by atoms with Crippen LogP contribution in [0.25, 0.3) is 0 Å². The van der Waals surface area contributed by atoms with Gasteiger partial charge in [-0.3, -0.25) is 0 Å². The van der Waals surface area contributed by atoms with Crippen molar-refractivity contribution >= 4 is 6.08 Å². The summed E-state index contributed by atoms with van der Waals surface area (Å²) in [5.41, 5.74) is 0.115. The molecule has 1 aromatic carbocycles. The zero-order valence-electron chi connectivity index (χ0n) is 11.2. The van der Waals surface area contributed by atoms with Gasteiger partial charge in [-0.05, 0) is 25.0 Å². The minimum absolute atomic E-state index is 0.146. The van der Waals surface area contributed by atoms with E-state index in [9.17, 15) is 9.18 Å². The van der Waals surface area contributed by atoms with Crippen LogP contribution < -0.4 is 9.47 Å². The summed E-state index contributed by atoms with van der Waals surface area (Å²) < 4.78 is 25.1. The molecule has 0 radical (unpaired) electrons. The summed E-state index contributed by atoms with van der Waals surface area (Å²) in [4.78, 5) is 14.8. The second-order valence-electron chi connectivity index (χ2n) is 5.25. The monoisotopic (exact) mass is 277 g/mol. The minimum Gasteiger partial charge on any atom is -0.489 e. The molecule has 20 heavy (non-hydrogen) atoms. The molecule has 0 amide bonds. The molecular weight excluding hydrogens is 261 g/mol. The molecule has 0 aromatic heterocycles. The van der Waals surface area contributed by atoms with E-state index in [1.807, 2.05) is 0 Å². The van der Waals surface area contributed by atoms with Crippen LogP contribution in [-0.2, 0) is 10.3 Å². The number of halogens is 1. The van der Waals surface area contributed by atoms with E-state index in [0.717, 1.165) is 31.2 Å². The van der Waals surface area contributed by atoms with Crippen molar-refractivity contribution in [2.45, 2.75) is 37.6 Å². The summed E-state index contributed by atoms with van der Waals surface area (Å²) in [5.74, 6) is 0.115. The summed E-state index contributed by atoms with van der Waals surface area (Å²) in [7, 11) is 0. The first-order valence-electron chi connectivity index (χ1n) is 6.94. The Hall–Kier alpha value is -1.87. The first-order chi connectivity index (χ1) is 9.77. The number of carbonyl (C=O) groups excluding carboxylic acids is 1. The fourth-order valence-corrected chi connectivity index (χ4v) is 3.08. The average molecular weight is 277 g/mol. The second-order valence-corrected chi connectivity index (χ2v) is 5.25. The molecule has 0 N–H and O–H groups in total. The Morgan fingerprint density at radius 1 is 1.10 bits per heavy atom. The van der Waals surface area contributed by atoms with Gasteiger partial charge < -0.3 is 9.47 Å². The topological polar surface area (TPSA) is 47.9 Å². The van der Waals surface area contributed by atoms with Crippen LogP contribution in [0, 0.1) is 5.82 Å². The molecule has 5 heteroatoms. The third-order valence-corrected chi connectivity index (χ3v) is 4.04. The quantitative estimate of drug-likeness (QED) is 0.616. The van der Waals surface area contributed by atoms with Crippen LogP contribution >= 0.6 is 0 Å². The molecule has 106 valence electrons. The van der Waals surface area contributed by atoms with Crippen molar-refractivity contribution < 1.29 is 18.7 Å². The SMILES string of the molecule is O=C=NC1(c2ccc(F)c3c2OCCCO3)CCCC1. The molecule has 0 atom stereocenters. The van der Waals surface area contributed by atoms with E-state index in [0.29, 0.717) is 25.4 Å². The van der Waals surface area contributed by atoms with Crippen LogP contribution in [-0.4, -0.2) is 19.3 Å². The van der Waals surface area contributed by atoms with E-state index in [4.69, 9.17) is 9.47 Å². The number of benzene rings is 1. The number of ether oxygens (including phenoxy) is 2. The van der Waals surface area contributed by atoms with E-state index in [-0.39, 0.29) is 5.75 Å². The van der Waals surface area contributed by atoms with Crippen LogP contribution in [0.4, 0.5) is 4.39 Å². The molecule has 2 aliphatic rings. The molecule has 1 fully saturated rings. The summed E-state index contributed by atoms with van der Waals surface area (Å²) >= 11 is 0. The number of aliphatic imine (C=N–C) groups is 1. The summed E-state index contributed by atoms with van der Waals surface area (Å²) in [6.07, 6.45) is 5.85. The second kappa shape index (κ2) is 5.25. The maximum Gasteiger partial charge on any atom is 0.235 e. The van der Waals surface area contributed by atoms with Gasteiger partial charge >= 0.3 is 0 Å². The van der Waals surface area contributed by atoms with Gasteiger partial charge in [-0.1, -0.05) is 12.8 Å². The third-order valence-electron chi connectivity index (χ3n) is 4.04. The van der Waals surface area contributed by atoms with Crippen LogP contribution in [0.5, 0.6) is 11.5 Å². The minimum atomic E-state index is -0.632. The largest absolute Gasteiger partial charge is 0.489 e. The molecule has 0 unspecified atom stereocenters. The molecule has 1 heterocycles. The van der Waals surface area contributed by atoms with Crippen molar-refractivity contribution in [3.63, 3.8) is 0 Å². The predicted octanol–water partition coefficient (Wildman–Crippen LogP) is 3.09. The van der Waals surface area contributed by atoms with Gasteiger partial charge in [-0.25, -0.2) is 9.18 Å². The number of fused-ring (bicyclic) bond motifs is 1. The fraction of sp³-hybridized carbons (Fsp3) is 0.533. The summed E-state index contributed by atoms with van der Waals surface area (Å²) in [6, 6.07) is 3.03. The molecule has 0 saturated heterocycles. The maximum absolute atomic E-state index is 13.9.